The number of hydrogen-bond donors (Lipinski definition) is 3. The van der Waals surface area contributed by atoms with Crippen molar-refractivity contribution >= 4 is 17.6 Å². The lowest BCUT2D eigenvalue weighted by molar-refractivity contribution is -0.120. The van der Waals surface area contributed by atoms with E-state index in [0.29, 0.717) is 6.54 Å². The smallest absolute Gasteiger partial charge is 0.321 e. The summed E-state index contributed by atoms with van der Waals surface area (Å²) >= 11 is 0. The second-order valence-electron chi connectivity index (χ2n) is 4.40. The van der Waals surface area contributed by atoms with Crippen molar-refractivity contribution in [1.82, 2.24) is 10.6 Å². The van der Waals surface area contributed by atoms with Crippen LogP contribution in [0.1, 0.15) is 19.4 Å². The predicted molar refractivity (Wildman–Crippen MR) is 78.0 cm³/mol. The standard InChI is InChI=1S/C14H21N3O3/c1-5-15-14(19)17-13(18)10(3)16-11-6-7-12(20-4)9(2)8-11/h6-8,10,16H,5H2,1-4H3,(H2,15,17,18,19). The molecule has 0 fully saturated rings. The summed E-state index contributed by atoms with van der Waals surface area (Å²) in [5, 5.41) is 7.80. The van der Waals surface area contributed by atoms with Gasteiger partial charge in [-0.15, -0.1) is 0 Å². The van der Waals surface area contributed by atoms with Crippen LogP contribution in [0.2, 0.25) is 0 Å². The number of hydrogen-bond acceptors (Lipinski definition) is 4. The van der Waals surface area contributed by atoms with Crippen LogP contribution in [-0.4, -0.2) is 31.6 Å². The number of carbonyl (C=O) groups is 2. The van der Waals surface area contributed by atoms with Crippen molar-refractivity contribution < 1.29 is 14.3 Å². The number of ether oxygens (including phenoxy) is 1. The van der Waals surface area contributed by atoms with E-state index in [1.54, 1.807) is 21.0 Å². The average Bonchev–Trinajstić information content (AvgIpc) is 2.39. The first-order chi connectivity index (χ1) is 9.47. The van der Waals surface area contributed by atoms with Crippen molar-refractivity contribution in [3.05, 3.63) is 23.8 Å². The lowest BCUT2D eigenvalue weighted by Gasteiger charge is -2.16. The minimum Gasteiger partial charge on any atom is -0.496 e. The number of anilines is 1. The van der Waals surface area contributed by atoms with Crippen molar-refractivity contribution in [2.45, 2.75) is 26.8 Å². The summed E-state index contributed by atoms with van der Waals surface area (Å²) in [6.45, 7) is 5.86. The monoisotopic (exact) mass is 279 g/mol. The van der Waals surface area contributed by atoms with Gasteiger partial charge >= 0.3 is 6.03 Å². The van der Waals surface area contributed by atoms with Gasteiger partial charge < -0.3 is 15.4 Å². The van der Waals surface area contributed by atoms with E-state index in [1.807, 2.05) is 25.1 Å². The molecule has 0 saturated heterocycles. The molecule has 110 valence electrons. The molecule has 0 heterocycles. The molecule has 6 nitrogen and oxygen atoms in total. The molecule has 0 saturated carbocycles. The van der Waals surface area contributed by atoms with Gasteiger partial charge in [-0.3, -0.25) is 10.1 Å². The molecule has 1 unspecified atom stereocenters. The first-order valence-electron chi connectivity index (χ1n) is 6.47. The summed E-state index contributed by atoms with van der Waals surface area (Å²) in [6.07, 6.45) is 0. The van der Waals surface area contributed by atoms with E-state index in [-0.39, 0.29) is 5.91 Å². The van der Waals surface area contributed by atoms with Crippen LogP contribution < -0.4 is 20.7 Å². The molecule has 0 aromatic heterocycles. The fraction of sp³-hybridized carbons (Fsp3) is 0.429. The Labute approximate surface area is 118 Å². The molecule has 0 aliphatic rings. The normalized spacial score (nSPS) is 11.4. The molecular weight excluding hydrogens is 258 g/mol. The highest BCUT2D eigenvalue weighted by Crippen LogP contribution is 2.21. The Balaban J connectivity index is 2.61. The molecule has 1 aromatic carbocycles. The lowest BCUT2D eigenvalue weighted by atomic mass is 10.2. The zero-order chi connectivity index (χ0) is 15.1. The molecule has 3 amide bonds. The Morgan fingerprint density at radius 1 is 1.35 bits per heavy atom. The molecule has 1 rings (SSSR count). The Bertz CT molecular complexity index is 489. The van der Waals surface area contributed by atoms with E-state index < -0.39 is 12.1 Å². The van der Waals surface area contributed by atoms with Crippen LogP contribution in [0, 0.1) is 6.92 Å². The van der Waals surface area contributed by atoms with Crippen molar-refractivity contribution in [1.29, 1.82) is 0 Å². The third-order valence-electron chi connectivity index (χ3n) is 2.75. The maximum Gasteiger partial charge on any atom is 0.321 e. The van der Waals surface area contributed by atoms with Crippen LogP contribution in [0.15, 0.2) is 18.2 Å². The van der Waals surface area contributed by atoms with Crippen molar-refractivity contribution in [3.8, 4) is 5.75 Å². The second-order valence-corrected chi connectivity index (χ2v) is 4.40. The van der Waals surface area contributed by atoms with Gasteiger partial charge in [-0.05, 0) is 44.5 Å². The fourth-order valence-electron chi connectivity index (χ4n) is 1.71. The van der Waals surface area contributed by atoms with Gasteiger partial charge in [0, 0.05) is 12.2 Å². The zero-order valence-corrected chi connectivity index (χ0v) is 12.2. The Kier molecular flexibility index (Phi) is 5.83. The molecule has 3 N–H and O–H groups in total. The SMILES string of the molecule is CCNC(=O)NC(=O)C(C)Nc1ccc(OC)c(C)c1. The highest BCUT2D eigenvalue weighted by Gasteiger charge is 2.15. The van der Waals surface area contributed by atoms with Crippen LogP contribution in [0.25, 0.3) is 0 Å². The molecule has 0 spiro atoms. The van der Waals surface area contributed by atoms with E-state index in [0.717, 1.165) is 17.0 Å². The van der Waals surface area contributed by atoms with Gasteiger partial charge in [-0.2, -0.15) is 0 Å². The summed E-state index contributed by atoms with van der Waals surface area (Å²) in [5.74, 6) is 0.402. The third kappa shape index (κ3) is 4.46. The van der Waals surface area contributed by atoms with E-state index in [9.17, 15) is 9.59 Å². The second kappa shape index (κ2) is 7.37. The number of rotatable bonds is 5. The van der Waals surface area contributed by atoms with Gasteiger partial charge in [0.2, 0.25) is 5.91 Å². The summed E-state index contributed by atoms with van der Waals surface area (Å²) in [5.41, 5.74) is 1.76. The maximum absolute atomic E-state index is 11.8. The predicted octanol–water partition coefficient (Wildman–Crippen LogP) is 1.65. The van der Waals surface area contributed by atoms with E-state index in [2.05, 4.69) is 16.0 Å². The van der Waals surface area contributed by atoms with Crippen molar-refractivity contribution in [2.75, 3.05) is 19.0 Å². The number of methoxy groups -OCH3 is 1. The van der Waals surface area contributed by atoms with Gasteiger partial charge in [0.25, 0.3) is 0 Å². The molecule has 6 heteroatoms. The van der Waals surface area contributed by atoms with Crippen LogP contribution >= 0.6 is 0 Å². The van der Waals surface area contributed by atoms with E-state index in [1.165, 1.54) is 0 Å². The largest absolute Gasteiger partial charge is 0.496 e. The summed E-state index contributed by atoms with van der Waals surface area (Å²) < 4.78 is 5.17. The van der Waals surface area contributed by atoms with Crippen LogP contribution in [0.4, 0.5) is 10.5 Å². The van der Waals surface area contributed by atoms with Crippen molar-refractivity contribution in [3.63, 3.8) is 0 Å². The van der Waals surface area contributed by atoms with Crippen LogP contribution in [0.3, 0.4) is 0 Å². The average molecular weight is 279 g/mol. The molecule has 0 aliphatic carbocycles. The molecule has 1 aromatic rings. The molecule has 20 heavy (non-hydrogen) atoms. The number of nitrogens with one attached hydrogen (secondary N) is 3. The van der Waals surface area contributed by atoms with Gasteiger partial charge in [0.05, 0.1) is 7.11 Å². The number of amides is 3. The summed E-state index contributed by atoms with van der Waals surface area (Å²) in [7, 11) is 1.61. The maximum atomic E-state index is 11.8. The van der Waals surface area contributed by atoms with Gasteiger partial charge in [0.1, 0.15) is 11.8 Å². The molecule has 0 aliphatic heterocycles. The lowest BCUT2D eigenvalue weighted by Crippen LogP contribution is -2.45. The highest BCUT2D eigenvalue weighted by atomic mass is 16.5. The zero-order valence-electron chi connectivity index (χ0n) is 12.2. The Morgan fingerprint density at radius 2 is 2.05 bits per heavy atom. The van der Waals surface area contributed by atoms with E-state index in [4.69, 9.17) is 4.74 Å². The Morgan fingerprint density at radius 3 is 2.60 bits per heavy atom. The van der Waals surface area contributed by atoms with E-state index >= 15 is 0 Å². The minimum atomic E-state index is -0.523. The Hall–Kier alpha value is -2.24. The first kappa shape index (κ1) is 15.8. The number of benzene rings is 1. The molecule has 0 radical (unpaired) electrons. The van der Waals surface area contributed by atoms with Gasteiger partial charge in [-0.25, -0.2) is 4.79 Å². The quantitative estimate of drug-likeness (QED) is 0.765. The third-order valence-corrected chi connectivity index (χ3v) is 2.75. The van der Waals surface area contributed by atoms with Gasteiger partial charge in [-0.1, -0.05) is 0 Å². The number of imide groups is 1. The fourth-order valence-corrected chi connectivity index (χ4v) is 1.71. The van der Waals surface area contributed by atoms with Gasteiger partial charge in [0.15, 0.2) is 0 Å². The highest BCUT2D eigenvalue weighted by molar-refractivity contribution is 5.97. The molecule has 1 atom stereocenters. The number of urea groups is 1. The van der Waals surface area contributed by atoms with Crippen LogP contribution in [-0.2, 0) is 4.79 Å². The minimum absolute atomic E-state index is 0.385. The topological polar surface area (TPSA) is 79.5 Å². The van der Waals surface area contributed by atoms with Crippen molar-refractivity contribution in [2.24, 2.45) is 0 Å². The molecular formula is C14H21N3O3. The number of aryl methyl sites for hydroxylation is 1. The van der Waals surface area contributed by atoms with Crippen LogP contribution in [0.5, 0.6) is 5.75 Å². The first-order valence-corrected chi connectivity index (χ1v) is 6.47. The number of carbonyl (C=O) groups excluding carboxylic acids is 2. The summed E-state index contributed by atoms with van der Waals surface area (Å²) in [6, 6.07) is 4.52. The molecule has 0 bridgehead atoms. The summed E-state index contributed by atoms with van der Waals surface area (Å²) in [4.78, 5) is 23.0.